The van der Waals surface area contributed by atoms with E-state index in [1.54, 1.807) is 30.3 Å². The zero-order valence-electron chi connectivity index (χ0n) is 9.31. The van der Waals surface area contributed by atoms with E-state index in [4.69, 9.17) is 0 Å². The third-order valence-corrected chi connectivity index (χ3v) is 3.24. The van der Waals surface area contributed by atoms with Crippen LogP contribution in [0.3, 0.4) is 0 Å². The molecule has 1 amide bonds. The van der Waals surface area contributed by atoms with Crippen LogP contribution in [0, 0.1) is 0 Å². The van der Waals surface area contributed by atoms with E-state index in [0.29, 0.717) is 0 Å². The molecule has 0 aliphatic carbocycles. The summed E-state index contributed by atoms with van der Waals surface area (Å²) in [5, 5.41) is 2.04. The maximum Gasteiger partial charge on any atom is 0.253 e. The van der Waals surface area contributed by atoms with Crippen molar-refractivity contribution < 1.29 is 4.79 Å². The van der Waals surface area contributed by atoms with Crippen LogP contribution in [-0.2, 0) is 0 Å². The number of amides is 1. The third-order valence-electron chi connectivity index (χ3n) is 2.32. The van der Waals surface area contributed by atoms with Crippen molar-refractivity contribution in [1.29, 1.82) is 0 Å². The van der Waals surface area contributed by atoms with Gasteiger partial charge in [0.2, 0.25) is 0 Å². The Hall–Kier alpha value is -1.61. The highest BCUT2D eigenvalue weighted by molar-refractivity contribution is 7.13. The minimum atomic E-state index is 0.0402. The number of thiophene rings is 1. The van der Waals surface area contributed by atoms with Crippen molar-refractivity contribution in [3.05, 3.63) is 47.3 Å². The average Bonchev–Trinajstić information content (AvgIpc) is 2.81. The van der Waals surface area contributed by atoms with Crippen molar-refractivity contribution in [2.75, 3.05) is 14.1 Å². The van der Waals surface area contributed by atoms with Gasteiger partial charge in [-0.05, 0) is 29.1 Å². The first-order valence-corrected chi connectivity index (χ1v) is 5.92. The van der Waals surface area contributed by atoms with Crippen LogP contribution in [0.5, 0.6) is 0 Å². The molecule has 0 fully saturated rings. The topological polar surface area (TPSA) is 20.3 Å². The van der Waals surface area contributed by atoms with Crippen molar-refractivity contribution in [3.63, 3.8) is 0 Å². The number of hydrogen-bond acceptors (Lipinski definition) is 2. The number of hydrogen-bond donors (Lipinski definition) is 0. The van der Waals surface area contributed by atoms with E-state index in [2.05, 4.69) is 6.07 Å². The molecule has 2 nitrogen and oxygen atoms in total. The van der Waals surface area contributed by atoms with Gasteiger partial charge in [-0.1, -0.05) is 18.2 Å². The van der Waals surface area contributed by atoms with E-state index in [1.165, 1.54) is 4.88 Å². The van der Waals surface area contributed by atoms with Gasteiger partial charge in [0.15, 0.2) is 0 Å². The van der Waals surface area contributed by atoms with Crippen LogP contribution >= 0.6 is 11.3 Å². The third kappa shape index (κ3) is 2.14. The molecule has 0 spiro atoms. The van der Waals surface area contributed by atoms with Gasteiger partial charge in [0.25, 0.3) is 5.91 Å². The first-order chi connectivity index (χ1) is 7.68. The predicted molar refractivity (Wildman–Crippen MR) is 67.8 cm³/mol. The van der Waals surface area contributed by atoms with Crippen LogP contribution in [0.4, 0.5) is 0 Å². The van der Waals surface area contributed by atoms with Crippen LogP contribution in [-0.4, -0.2) is 24.9 Å². The largest absolute Gasteiger partial charge is 0.345 e. The van der Waals surface area contributed by atoms with Gasteiger partial charge in [-0.25, -0.2) is 0 Å². The zero-order valence-corrected chi connectivity index (χ0v) is 10.1. The van der Waals surface area contributed by atoms with E-state index < -0.39 is 0 Å². The molecule has 2 aromatic rings. The number of carbonyl (C=O) groups is 1. The Kier molecular flexibility index (Phi) is 3.06. The summed E-state index contributed by atoms with van der Waals surface area (Å²) in [6.45, 7) is 0. The molecule has 0 bridgehead atoms. The maximum atomic E-state index is 11.8. The molecule has 0 unspecified atom stereocenters. The lowest BCUT2D eigenvalue weighted by atomic mass is 10.1. The van der Waals surface area contributed by atoms with E-state index in [-0.39, 0.29) is 5.91 Å². The van der Waals surface area contributed by atoms with E-state index in [1.807, 2.05) is 35.7 Å². The Morgan fingerprint density at radius 2 is 2.00 bits per heavy atom. The second-order valence-electron chi connectivity index (χ2n) is 3.76. The lowest BCUT2D eigenvalue weighted by Crippen LogP contribution is -2.21. The van der Waals surface area contributed by atoms with Crippen molar-refractivity contribution in [1.82, 2.24) is 4.90 Å². The molecule has 0 aliphatic rings. The second kappa shape index (κ2) is 4.49. The quantitative estimate of drug-likeness (QED) is 0.777. The average molecular weight is 231 g/mol. The first kappa shape index (κ1) is 10.9. The smallest absolute Gasteiger partial charge is 0.253 e. The van der Waals surface area contributed by atoms with Gasteiger partial charge >= 0.3 is 0 Å². The molecule has 0 aliphatic heterocycles. The molecule has 3 heteroatoms. The summed E-state index contributed by atoms with van der Waals surface area (Å²) in [6.07, 6.45) is 0. The van der Waals surface area contributed by atoms with Crippen molar-refractivity contribution in [3.8, 4) is 10.4 Å². The summed E-state index contributed by atoms with van der Waals surface area (Å²) >= 11 is 1.68. The van der Waals surface area contributed by atoms with Crippen LogP contribution in [0.2, 0.25) is 0 Å². The van der Waals surface area contributed by atoms with E-state index in [9.17, 15) is 4.79 Å². The van der Waals surface area contributed by atoms with Gasteiger partial charge < -0.3 is 4.90 Å². The summed E-state index contributed by atoms with van der Waals surface area (Å²) < 4.78 is 0. The Labute approximate surface area is 99.1 Å². The van der Waals surface area contributed by atoms with Gasteiger partial charge in [-0.3, -0.25) is 4.79 Å². The standard InChI is InChI=1S/C13H13NOS/c1-14(2)13(15)11-6-3-5-10(9-11)12-7-4-8-16-12/h3-9H,1-2H3. The monoisotopic (exact) mass is 231 g/mol. The molecular weight excluding hydrogens is 218 g/mol. The van der Waals surface area contributed by atoms with Gasteiger partial charge in [0.1, 0.15) is 0 Å². The zero-order chi connectivity index (χ0) is 11.5. The molecule has 0 saturated heterocycles. The summed E-state index contributed by atoms with van der Waals surface area (Å²) in [7, 11) is 3.53. The normalized spacial score (nSPS) is 10.1. The van der Waals surface area contributed by atoms with Gasteiger partial charge in [0, 0.05) is 24.5 Å². The van der Waals surface area contributed by atoms with Gasteiger partial charge in [-0.15, -0.1) is 11.3 Å². The molecular formula is C13H13NOS. The lowest BCUT2D eigenvalue weighted by molar-refractivity contribution is 0.0827. The SMILES string of the molecule is CN(C)C(=O)c1cccc(-c2cccs2)c1. The molecule has 16 heavy (non-hydrogen) atoms. The van der Waals surface area contributed by atoms with Crippen LogP contribution in [0.25, 0.3) is 10.4 Å². The molecule has 82 valence electrons. The predicted octanol–water partition coefficient (Wildman–Crippen LogP) is 3.12. The minimum Gasteiger partial charge on any atom is -0.345 e. The molecule has 2 rings (SSSR count). The summed E-state index contributed by atoms with van der Waals surface area (Å²) in [4.78, 5) is 14.6. The van der Waals surface area contributed by atoms with Crippen LogP contribution < -0.4 is 0 Å². The molecule has 0 N–H and O–H groups in total. The maximum absolute atomic E-state index is 11.8. The molecule has 1 heterocycles. The summed E-state index contributed by atoms with van der Waals surface area (Å²) in [5.41, 5.74) is 1.83. The Morgan fingerprint density at radius 1 is 1.19 bits per heavy atom. The molecule has 0 saturated carbocycles. The van der Waals surface area contributed by atoms with Gasteiger partial charge in [-0.2, -0.15) is 0 Å². The van der Waals surface area contributed by atoms with Crippen LogP contribution in [0.1, 0.15) is 10.4 Å². The highest BCUT2D eigenvalue weighted by Crippen LogP contribution is 2.25. The molecule has 0 atom stereocenters. The molecule has 1 aromatic carbocycles. The highest BCUT2D eigenvalue weighted by atomic mass is 32.1. The second-order valence-corrected chi connectivity index (χ2v) is 4.71. The van der Waals surface area contributed by atoms with E-state index in [0.717, 1.165) is 11.1 Å². The number of benzene rings is 1. The van der Waals surface area contributed by atoms with Crippen molar-refractivity contribution in [2.45, 2.75) is 0 Å². The fourth-order valence-electron chi connectivity index (χ4n) is 1.51. The fraction of sp³-hybridized carbons (Fsp3) is 0.154. The summed E-state index contributed by atoms with van der Waals surface area (Å²) in [5.74, 6) is 0.0402. The Bertz CT molecular complexity index is 488. The Morgan fingerprint density at radius 3 is 2.62 bits per heavy atom. The first-order valence-electron chi connectivity index (χ1n) is 5.04. The highest BCUT2D eigenvalue weighted by Gasteiger charge is 2.08. The van der Waals surface area contributed by atoms with Gasteiger partial charge in [0.05, 0.1) is 0 Å². The molecule has 0 radical (unpaired) electrons. The minimum absolute atomic E-state index is 0.0402. The number of carbonyl (C=O) groups excluding carboxylic acids is 1. The van der Waals surface area contributed by atoms with Crippen LogP contribution in [0.15, 0.2) is 41.8 Å². The fourth-order valence-corrected chi connectivity index (χ4v) is 2.23. The lowest BCUT2D eigenvalue weighted by Gasteiger charge is -2.10. The molecule has 1 aromatic heterocycles. The van der Waals surface area contributed by atoms with Crippen molar-refractivity contribution in [2.24, 2.45) is 0 Å². The van der Waals surface area contributed by atoms with Crippen molar-refractivity contribution >= 4 is 17.2 Å². The Balaban J connectivity index is 2.37. The number of rotatable bonds is 2. The van der Waals surface area contributed by atoms with E-state index >= 15 is 0 Å². The summed E-state index contributed by atoms with van der Waals surface area (Å²) in [6, 6.07) is 11.8. The number of nitrogens with zero attached hydrogens (tertiary/aromatic N) is 1.